The Bertz CT molecular complexity index is 955. The normalized spacial score (nSPS) is 13.6. The monoisotopic (exact) mass is 435 g/mol. The number of hydrogen-bond donors (Lipinski definition) is 1. The van der Waals surface area contributed by atoms with E-state index < -0.39 is 6.04 Å². The van der Waals surface area contributed by atoms with Crippen LogP contribution in [-0.4, -0.2) is 52.6 Å². The summed E-state index contributed by atoms with van der Waals surface area (Å²) in [7, 11) is 0. The number of likely N-dealkylation sites (N-methyl/N-ethyl adjacent to an activating group) is 1. The molecule has 3 rings (SSSR count). The Hall–Kier alpha value is -3.48. The van der Waals surface area contributed by atoms with Crippen molar-refractivity contribution < 1.29 is 19.2 Å². The third-order valence-corrected chi connectivity index (χ3v) is 5.58. The summed E-state index contributed by atoms with van der Waals surface area (Å²) in [6.07, 6.45) is 0.959. The molecule has 1 heterocycles. The number of rotatable bonds is 10. The Morgan fingerprint density at radius 1 is 0.938 bits per heavy atom. The molecule has 0 saturated heterocycles. The van der Waals surface area contributed by atoms with Crippen LogP contribution in [0.2, 0.25) is 0 Å². The van der Waals surface area contributed by atoms with Crippen LogP contribution < -0.4 is 5.32 Å². The Labute approximate surface area is 188 Å². The van der Waals surface area contributed by atoms with E-state index in [4.69, 9.17) is 0 Å². The Morgan fingerprint density at radius 2 is 1.53 bits per heavy atom. The van der Waals surface area contributed by atoms with Crippen LogP contribution in [0.15, 0.2) is 54.6 Å². The van der Waals surface area contributed by atoms with Crippen LogP contribution in [0.1, 0.15) is 59.4 Å². The summed E-state index contributed by atoms with van der Waals surface area (Å²) in [5.74, 6) is -1.01. The molecule has 2 aromatic rings. The zero-order valence-electron chi connectivity index (χ0n) is 18.5. The fourth-order valence-corrected chi connectivity index (χ4v) is 3.97. The highest BCUT2D eigenvalue weighted by Gasteiger charge is 2.35. The highest BCUT2D eigenvalue weighted by atomic mass is 16.2. The van der Waals surface area contributed by atoms with Gasteiger partial charge in [0.2, 0.25) is 11.8 Å². The van der Waals surface area contributed by atoms with Crippen molar-refractivity contribution in [1.29, 1.82) is 0 Å². The third kappa shape index (κ3) is 5.04. The molecule has 1 atom stereocenters. The van der Waals surface area contributed by atoms with Crippen LogP contribution in [0.3, 0.4) is 0 Å². The van der Waals surface area contributed by atoms with Gasteiger partial charge >= 0.3 is 0 Å². The van der Waals surface area contributed by atoms with Gasteiger partial charge in [0.15, 0.2) is 0 Å². The van der Waals surface area contributed by atoms with Crippen molar-refractivity contribution >= 4 is 23.6 Å². The number of imide groups is 1. The lowest BCUT2D eigenvalue weighted by Gasteiger charge is -2.30. The van der Waals surface area contributed by atoms with Gasteiger partial charge in [-0.3, -0.25) is 24.1 Å². The molecule has 168 valence electrons. The Kier molecular flexibility index (Phi) is 7.76. The summed E-state index contributed by atoms with van der Waals surface area (Å²) >= 11 is 0. The van der Waals surface area contributed by atoms with Crippen LogP contribution >= 0.6 is 0 Å². The number of carbonyl (C=O) groups is 4. The van der Waals surface area contributed by atoms with E-state index in [9.17, 15) is 19.2 Å². The summed E-state index contributed by atoms with van der Waals surface area (Å²) in [5.41, 5.74) is 1.73. The van der Waals surface area contributed by atoms with Crippen molar-refractivity contribution in [3.05, 3.63) is 71.3 Å². The lowest BCUT2D eigenvalue weighted by molar-refractivity contribution is -0.141. The minimum atomic E-state index is -0.582. The van der Waals surface area contributed by atoms with Gasteiger partial charge in [0.05, 0.1) is 11.1 Å². The second-order valence-corrected chi connectivity index (χ2v) is 7.74. The molecule has 0 radical (unpaired) electrons. The summed E-state index contributed by atoms with van der Waals surface area (Å²) in [5, 5.41) is 2.81. The van der Waals surface area contributed by atoms with E-state index in [0.717, 1.165) is 5.56 Å². The predicted octanol–water partition coefficient (Wildman–Crippen LogP) is 3.01. The van der Waals surface area contributed by atoms with Gasteiger partial charge in [0.1, 0.15) is 6.04 Å². The molecular formula is C25H29N3O4. The van der Waals surface area contributed by atoms with E-state index in [-0.39, 0.29) is 36.6 Å². The standard InChI is InChI=1S/C25H29N3O4/c1-3-21(23(30)26-4-2)28(17-18-11-6-5-7-12-18)22(29)15-10-16-27-24(31)19-13-8-9-14-20(19)25(27)32/h5-9,11-14,21H,3-4,10,15-17H2,1-2H3,(H,26,30). The van der Waals surface area contributed by atoms with E-state index in [1.165, 1.54) is 4.90 Å². The van der Waals surface area contributed by atoms with Crippen LogP contribution in [-0.2, 0) is 16.1 Å². The molecule has 0 aliphatic carbocycles. The number of nitrogens with zero attached hydrogens (tertiary/aromatic N) is 2. The first-order valence-electron chi connectivity index (χ1n) is 11.0. The van der Waals surface area contributed by atoms with Crippen molar-refractivity contribution in [2.75, 3.05) is 13.1 Å². The van der Waals surface area contributed by atoms with Gasteiger partial charge in [-0.2, -0.15) is 0 Å². The van der Waals surface area contributed by atoms with Gasteiger partial charge in [0, 0.05) is 26.1 Å². The maximum absolute atomic E-state index is 13.2. The zero-order chi connectivity index (χ0) is 23.1. The van der Waals surface area contributed by atoms with Crippen molar-refractivity contribution in [2.45, 2.75) is 45.7 Å². The molecule has 4 amide bonds. The maximum Gasteiger partial charge on any atom is 0.261 e. The summed E-state index contributed by atoms with van der Waals surface area (Å²) in [4.78, 5) is 53.6. The average molecular weight is 436 g/mol. The molecule has 1 aliphatic rings. The lowest BCUT2D eigenvalue weighted by Crippen LogP contribution is -2.49. The van der Waals surface area contributed by atoms with Gasteiger partial charge in [0.25, 0.3) is 11.8 Å². The van der Waals surface area contributed by atoms with E-state index in [1.807, 2.05) is 44.2 Å². The first kappa shape index (κ1) is 23.2. The van der Waals surface area contributed by atoms with Crippen molar-refractivity contribution in [3.63, 3.8) is 0 Å². The third-order valence-electron chi connectivity index (χ3n) is 5.58. The van der Waals surface area contributed by atoms with Gasteiger partial charge in [-0.05, 0) is 37.5 Å². The number of benzene rings is 2. The number of carbonyl (C=O) groups excluding carboxylic acids is 4. The number of amides is 4. The fourth-order valence-electron chi connectivity index (χ4n) is 3.97. The van der Waals surface area contributed by atoms with Crippen LogP contribution in [0.4, 0.5) is 0 Å². The zero-order valence-corrected chi connectivity index (χ0v) is 18.5. The predicted molar refractivity (Wildman–Crippen MR) is 121 cm³/mol. The topological polar surface area (TPSA) is 86.8 Å². The van der Waals surface area contributed by atoms with E-state index in [1.54, 1.807) is 29.2 Å². The molecule has 1 aliphatic heterocycles. The molecule has 7 heteroatoms. The van der Waals surface area contributed by atoms with Gasteiger partial charge in [-0.15, -0.1) is 0 Å². The van der Waals surface area contributed by atoms with E-state index in [0.29, 0.717) is 37.1 Å². The molecule has 0 aromatic heterocycles. The largest absolute Gasteiger partial charge is 0.355 e. The first-order chi connectivity index (χ1) is 15.5. The maximum atomic E-state index is 13.2. The van der Waals surface area contributed by atoms with Crippen LogP contribution in [0, 0.1) is 0 Å². The second kappa shape index (κ2) is 10.7. The Morgan fingerprint density at radius 3 is 2.09 bits per heavy atom. The minimum Gasteiger partial charge on any atom is -0.355 e. The van der Waals surface area contributed by atoms with Gasteiger partial charge in [-0.25, -0.2) is 0 Å². The van der Waals surface area contributed by atoms with Crippen molar-refractivity contribution in [1.82, 2.24) is 15.1 Å². The molecule has 0 fully saturated rings. The second-order valence-electron chi connectivity index (χ2n) is 7.74. The highest BCUT2D eigenvalue weighted by molar-refractivity contribution is 6.21. The van der Waals surface area contributed by atoms with E-state index >= 15 is 0 Å². The minimum absolute atomic E-state index is 0.135. The van der Waals surface area contributed by atoms with Gasteiger partial charge < -0.3 is 10.2 Å². The summed E-state index contributed by atoms with van der Waals surface area (Å²) in [6, 6.07) is 15.7. The fraction of sp³-hybridized carbons (Fsp3) is 0.360. The van der Waals surface area contributed by atoms with Crippen molar-refractivity contribution in [3.8, 4) is 0 Å². The molecule has 32 heavy (non-hydrogen) atoms. The molecule has 7 nitrogen and oxygen atoms in total. The SMILES string of the molecule is CCNC(=O)C(CC)N(Cc1ccccc1)C(=O)CCCN1C(=O)c2ccccc2C1=O. The first-order valence-corrected chi connectivity index (χ1v) is 11.0. The molecular weight excluding hydrogens is 406 g/mol. The number of nitrogens with one attached hydrogen (secondary N) is 1. The van der Waals surface area contributed by atoms with Crippen molar-refractivity contribution in [2.24, 2.45) is 0 Å². The molecule has 2 aromatic carbocycles. The summed E-state index contributed by atoms with van der Waals surface area (Å²) in [6.45, 7) is 4.69. The van der Waals surface area contributed by atoms with Crippen LogP contribution in [0.5, 0.6) is 0 Å². The number of fused-ring (bicyclic) bond motifs is 1. The average Bonchev–Trinajstić information content (AvgIpc) is 3.04. The Balaban J connectivity index is 1.67. The summed E-state index contributed by atoms with van der Waals surface area (Å²) < 4.78 is 0. The molecule has 1 unspecified atom stereocenters. The van der Waals surface area contributed by atoms with E-state index in [2.05, 4.69) is 5.32 Å². The van der Waals surface area contributed by atoms with Crippen LogP contribution in [0.25, 0.3) is 0 Å². The molecule has 0 spiro atoms. The molecule has 0 bridgehead atoms. The number of hydrogen-bond acceptors (Lipinski definition) is 4. The quantitative estimate of drug-likeness (QED) is 0.581. The molecule has 0 saturated carbocycles. The lowest BCUT2D eigenvalue weighted by atomic mass is 10.1. The smallest absolute Gasteiger partial charge is 0.261 e. The van der Waals surface area contributed by atoms with Gasteiger partial charge in [-0.1, -0.05) is 49.4 Å². The molecule has 1 N–H and O–H groups in total. The highest BCUT2D eigenvalue weighted by Crippen LogP contribution is 2.23.